The van der Waals surface area contributed by atoms with Crippen molar-refractivity contribution >= 4 is 29.4 Å². The molecule has 1 aliphatic heterocycles. The fourth-order valence-corrected chi connectivity index (χ4v) is 5.20. The smallest absolute Gasteiger partial charge is 0.338 e. The quantitative estimate of drug-likeness (QED) is 0.376. The van der Waals surface area contributed by atoms with Crippen molar-refractivity contribution in [3.05, 3.63) is 96.2 Å². The van der Waals surface area contributed by atoms with E-state index in [1.165, 1.54) is 18.3 Å². The molecule has 0 bridgehead atoms. The van der Waals surface area contributed by atoms with E-state index in [4.69, 9.17) is 9.47 Å². The maximum Gasteiger partial charge on any atom is 0.338 e. The highest BCUT2D eigenvalue weighted by Gasteiger charge is 2.33. The number of carbonyl (C=O) groups excluding carboxylic acids is 2. The summed E-state index contributed by atoms with van der Waals surface area (Å²) in [6.45, 7) is 9.27. The van der Waals surface area contributed by atoms with Crippen molar-refractivity contribution in [1.29, 1.82) is 0 Å². The van der Waals surface area contributed by atoms with E-state index in [2.05, 4.69) is 18.8 Å². The second-order valence-electron chi connectivity index (χ2n) is 8.76. The fourth-order valence-electron chi connectivity index (χ4n) is 4.16. The van der Waals surface area contributed by atoms with Gasteiger partial charge in [-0.1, -0.05) is 67.6 Å². The van der Waals surface area contributed by atoms with Crippen LogP contribution in [0.3, 0.4) is 0 Å². The second kappa shape index (κ2) is 10.5. The Balaban J connectivity index is 1.93. The van der Waals surface area contributed by atoms with E-state index in [1.54, 1.807) is 48.8 Å². The van der Waals surface area contributed by atoms with Crippen LogP contribution >= 0.6 is 11.3 Å². The van der Waals surface area contributed by atoms with Crippen molar-refractivity contribution in [1.82, 2.24) is 4.57 Å². The topological polar surface area (TPSA) is 87.0 Å². The average molecular weight is 505 g/mol. The summed E-state index contributed by atoms with van der Waals surface area (Å²) < 4.78 is 12.6. The number of thiazole rings is 1. The molecule has 186 valence electrons. The third-order valence-electron chi connectivity index (χ3n) is 5.90. The zero-order chi connectivity index (χ0) is 26.0. The summed E-state index contributed by atoms with van der Waals surface area (Å²) in [5.41, 5.74) is 3.12. The molecule has 0 radical (unpaired) electrons. The van der Waals surface area contributed by atoms with Crippen molar-refractivity contribution in [3.8, 4) is 5.75 Å². The number of para-hydroxylation sites is 1. The van der Waals surface area contributed by atoms with Crippen molar-refractivity contribution in [3.63, 3.8) is 0 Å². The lowest BCUT2D eigenvalue weighted by atomic mass is 9.93. The summed E-state index contributed by atoms with van der Waals surface area (Å²) in [6.07, 6.45) is 1.68. The molecule has 0 amide bonds. The van der Waals surface area contributed by atoms with Gasteiger partial charge in [0.15, 0.2) is 4.80 Å². The number of ether oxygens (including phenoxy) is 2. The predicted molar refractivity (Wildman–Crippen MR) is 139 cm³/mol. The van der Waals surface area contributed by atoms with Crippen LogP contribution in [0.4, 0.5) is 0 Å². The first-order chi connectivity index (χ1) is 17.2. The van der Waals surface area contributed by atoms with Crippen LogP contribution in [0.2, 0.25) is 0 Å². The largest absolute Gasteiger partial charge is 0.463 e. The van der Waals surface area contributed by atoms with Gasteiger partial charge in [-0.15, -0.1) is 0 Å². The number of fused-ring (bicyclic) bond motifs is 1. The molecule has 0 fully saturated rings. The monoisotopic (exact) mass is 504 g/mol. The first-order valence-corrected chi connectivity index (χ1v) is 12.6. The Kier molecular flexibility index (Phi) is 7.35. The van der Waals surface area contributed by atoms with Gasteiger partial charge in [0, 0.05) is 12.5 Å². The molecular formula is C28H28N2O5S. The van der Waals surface area contributed by atoms with Crippen molar-refractivity contribution in [2.75, 3.05) is 6.61 Å². The summed E-state index contributed by atoms with van der Waals surface area (Å²) in [5.74, 6) is -0.233. The highest BCUT2D eigenvalue weighted by molar-refractivity contribution is 7.07. The molecular weight excluding hydrogens is 476 g/mol. The molecule has 0 unspecified atom stereocenters. The molecule has 1 aliphatic rings. The Morgan fingerprint density at radius 2 is 1.83 bits per heavy atom. The lowest BCUT2D eigenvalue weighted by Gasteiger charge is -2.25. The van der Waals surface area contributed by atoms with Crippen LogP contribution in [-0.4, -0.2) is 23.1 Å². The molecule has 0 aliphatic carbocycles. The van der Waals surface area contributed by atoms with Crippen LogP contribution < -0.4 is 19.6 Å². The normalized spacial score (nSPS) is 15.5. The van der Waals surface area contributed by atoms with Gasteiger partial charge in [-0.3, -0.25) is 14.2 Å². The number of hydrogen-bond acceptors (Lipinski definition) is 7. The molecule has 3 aromatic rings. The number of carbonyl (C=O) groups is 2. The van der Waals surface area contributed by atoms with Crippen LogP contribution in [0.1, 0.15) is 63.3 Å². The minimum Gasteiger partial charge on any atom is -0.463 e. The molecule has 0 spiro atoms. The molecule has 1 atom stereocenters. The van der Waals surface area contributed by atoms with Gasteiger partial charge in [0.05, 0.1) is 28.5 Å². The Labute approximate surface area is 213 Å². The Morgan fingerprint density at radius 1 is 1.14 bits per heavy atom. The van der Waals surface area contributed by atoms with Crippen LogP contribution in [0.25, 0.3) is 6.08 Å². The molecule has 0 saturated heterocycles. The molecule has 0 saturated carbocycles. The summed E-state index contributed by atoms with van der Waals surface area (Å²) in [4.78, 5) is 43.4. The van der Waals surface area contributed by atoms with Gasteiger partial charge in [0.1, 0.15) is 5.75 Å². The molecule has 2 heterocycles. The number of allylic oxidation sites excluding steroid dienone is 1. The van der Waals surface area contributed by atoms with Crippen LogP contribution in [0.15, 0.2) is 69.6 Å². The zero-order valence-corrected chi connectivity index (χ0v) is 21.7. The van der Waals surface area contributed by atoms with Gasteiger partial charge in [0.2, 0.25) is 0 Å². The minimum absolute atomic E-state index is 0.214. The maximum absolute atomic E-state index is 13.7. The van der Waals surface area contributed by atoms with Gasteiger partial charge >= 0.3 is 11.9 Å². The van der Waals surface area contributed by atoms with E-state index >= 15 is 0 Å². The molecule has 1 aromatic heterocycles. The third-order valence-corrected chi connectivity index (χ3v) is 6.88. The Morgan fingerprint density at radius 3 is 2.47 bits per heavy atom. The number of benzene rings is 2. The van der Waals surface area contributed by atoms with Crippen molar-refractivity contribution in [2.45, 2.75) is 46.6 Å². The first-order valence-electron chi connectivity index (χ1n) is 11.8. The van der Waals surface area contributed by atoms with E-state index in [1.807, 2.05) is 24.3 Å². The average Bonchev–Trinajstić information content (AvgIpc) is 3.13. The van der Waals surface area contributed by atoms with Crippen molar-refractivity contribution < 1.29 is 19.1 Å². The summed E-state index contributed by atoms with van der Waals surface area (Å²) in [5, 5.41) is 0. The first kappa shape index (κ1) is 25.3. The van der Waals surface area contributed by atoms with Crippen LogP contribution in [0.5, 0.6) is 5.75 Å². The lowest BCUT2D eigenvalue weighted by Crippen LogP contribution is -2.39. The second-order valence-corrected chi connectivity index (χ2v) is 9.76. The number of hydrogen-bond donors (Lipinski definition) is 0. The number of rotatable bonds is 6. The molecule has 2 aromatic carbocycles. The van der Waals surface area contributed by atoms with Gasteiger partial charge in [-0.25, -0.2) is 9.79 Å². The third kappa shape index (κ3) is 4.95. The molecule has 4 rings (SSSR count). The van der Waals surface area contributed by atoms with E-state index in [0.29, 0.717) is 37.8 Å². The summed E-state index contributed by atoms with van der Waals surface area (Å²) >= 11 is 1.22. The van der Waals surface area contributed by atoms with Gasteiger partial charge in [-0.2, -0.15) is 0 Å². The predicted octanol–water partition coefficient (Wildman–Crippen LogP) is 3.85. The molecule has 36 heavy (non-hydrogen) atoms. The van der Waals surface area contributed by atoms with Gasteiger partial charge in [-0.05, 0) is 43.0 Å². The maximum atomic E-state index is 13.7. The number of aromatic nitrogens is 1. The fraction of sp³-hybridized carbons (Fsp3) is 0.286. The van der Waals surface area contributed by atoms with E-state index in [-0.39, 0.29) is 12.2 Å². The van der Waals surface area contributed by atoms with E-state index < -0.39 is 18.0 Å². The molecule has 7 nitrogen and oxygen atoms in total. The van der Waals surface area contributed by atoms with Crippen molar-refractivity contribution in [2.24, 2.45) is 4.99 Å². The standard InChI is InChI=1S/C28H28N2O5S/c1-6-34-27(33)24-17(4)29-28-30(25(24)20-13-11-19(12-14-20)16(2)3)26(32)23(36-28)15-21-9-7-8-10-22(21)35-18(5)31/h7-16,25H,6H2,1-5H3/b23-15-/t25-/m1/s1. The lowest BCUT2D eigenvalue weighted by molar-refractivity contribution is -0.139. The van der Waals surface area contributed by atoms with Crippen LogP contribution in [0, 0.1) is 0 Å². The SMILES string of the molecule is CCOC(=O)C1=C(C)N=c2s/c(=C\c3ccccc3OC(C)=O)c(=O)n2[C@@H]1c1ccc(C(C)C)cc1. The molecule has 8 heteroatoms. The van der Waals surface area contributed by atoms with E-state index in [0.717, 1.165) is 11.1 Å². The van der Waals surface area contributed by atoms with Crippen LogP contribution in [-0.2, 0) is 14.3 Å². The highest BCUT2D eigenvalue weighted by Crippen LogP contribution is 2.31. The number of nitrogens with zero attached hydrogens (tertiary/aromatic N) is 2. The Hall–Kier alpha value is -3.78. The summed E-state index contributed by atoms with van der Waals surface area (Å²) in [6, 6.07) is 14.3. The molecule has 0 N–H and O–H groups in total. The zero-order valence-electron chi connectivity index (χ0n) is 20.9. The summed E-state index contributed by atoms with van der Waals surface area (Å²) in [7, 11) is 0. The van der Waals surface area contributed by atoms with Gasteiger partial charge < -0.3 is 9.47 Å². The Bertz CT molecular complexity index is 1530. The highest BCUT2D eigenvalue weighted by atomic mass is 32.1. The van der Waals surface area contributed by atoms with Gasteiger partial charge in [0.25, 0.3) is 5.56 Å². The van der Waals surface area contributed by atoms with E-state index in [9.17, 15) is 14.4 Å². The number of esters is 2. The minimum atomic E-state index is -0.674.